The van der Waals surface area contributed by atoms with Gasteiger partial charge in [0.1, 0.15) is 0 Å². The summed E-state index contributed by atoms with van der Waals surface area (Å²) in [7, 11) is 0. The maximum Gasteiger partial charge on any atom is -0.172 e. The summed E-state index contributed by atoms with van der Waals surface area (Å²) in [6.07, 6.45) is 2.16. The van der Waals surface area contributed by atoms with Crippen molar-refractivity contribution in [3.8, 4) is 11.1 Å². The first-order valence-electron chi connectivity index (χ1n) is 15.9. The predicted molar refractivity (Wildman–Crippen MR) is 188 cm³/mol. The molecular formula is C43H48Cl2Zr-2. The number of aryl methyl sites for hydroxylation is 2. The Balaban J connectivity index is 0.000000278. The van der Waals surface area contributed by atoms with Crippen molar-refractivity contribution >= 4 is 3.71 Å². The van der Waals surface area contributed by atoms with E-state index in [2.05, 4.69) is 144 Å². The maximum absolute atomic E-state index is 3.69. The molecule has 46 heavy (non-hydrogen) atoms. The molecule has 1 aliphatic rings. The molecule has 0 radical (unpaired) electrons. The van der Waals surface area contributed by atoms with Crippen molar-refractivity contribution in [3.63, 3.8) is 0 Å². The molecule has 0 aromatic heterocycles. The summed E-state index contributed by atoms with van der Waals surface area (Å²) in [6, 6.07) is 42.5. The van der Waals surface area contributed by atoms with Gasteiger partial charge in [-0.2, -0.15) is 35.9 Å². The van der Waals surface area contributed by atoms with Crippen molar-refractivity contribution < 1.29 is 49.0 Å². The number of halogens is 2. The molecule has 0 amide bonds. The van der Waals surface area contributed by atoms with E-state index in [1.807, 2.05) is 30.3 Å². The Labute approximate surface area is 306 Å². The van der Waals surface area contributed by atoms with E-state index < -0.39 is 0 Å². The molecule has 3 heteroatoms. The van der Waals surface area contributed by atoms with Gasteiger partial charge in [-0.25, -0.2) is 12.1 Å². The Kier molecular flexibility index (Phi) is 15.2. The maximum atomic E-state index is 3.69. The van der Waals surface area contributed by atoms with Gasteiger partial charge in [-0.1, -0.05) is 71.6 Å². The molecule has 0 nitrogen and oxygen atoms in total. The van der Waals surface area contributed by atoms with Gasteiger partial charge in [0.25, 0.3) is 0 Å². The normalized spacial score (nSPS) is 11.5. The van der Waals surface area contributed by atoms with Gasteiger partial charge < -0.3 is 24.8 Å². The fraction of sp³-hybridized carbons (Fsp3) is 0.302. The average Bonchev–Trinajstić information content (AvgIpc) is 3.67. The Morgan fingerprint density at radius 2 is 1.22 bits per heavy atom. The third-order valence-electron chi connectivity index (χ3n) is 8.39. The smallest absolute Gasteiger partial charge is 0.172 e. The molecule has 0 spiro atoms. The summed E-state index contributed by atoms with van der Waals surface area (Å²) in [5.41, 5.74) is 14.4. The molecule has 0 fully saturated rings. The summed E-state index contributed by atoms with van der Waals surface area (Å²) in [4.78, 5) is 0. The summed E-state index contributed by atoms with van der Waals surface area (Å²) in [6.45, 7) is 18.2. The molecule has 240 valence electrons. The molecule has 0 aliphatic heterocycles. The quantitative estimate of drug-likeness (QED) is 0.218. The molecule has 0 heterocycles. The fourth-order valence-electron chi connectivity index (χ4n) is 6.30. The molecule has 0 bridgehead atoms. The second kappa shape index (κ2) is 17.6. The van der Waals surface area contributed by atoms with Crippen molar-refractivity contribution in [1.29, 1.82) is 0 Å². The zero-order valence-electron chi connectivity index (χ0n) is 28.7. The van der Waals surface area contributed by atoms with Gasteiger partial charge in [0.15, 0.2) is 0 Å². The van der Waals surface area contributed by atoms with Gasteiger partial charge in [-0.15, -0.1) is 16.7 Å². The minimum absolute atomic E-state index is 0. The van der Waals surface area contributed by atoms with Gasteiger partial charge in [0, 0.05) is 0 Å². The Morgan fingerprint density at radius 3 is 1.65 bits per heavy atom. The minimum atomic E-state index is 0. The predicted octanol–water partition coefficient (Wildman–Crippen LogP) is 5.24. The molecule has 0 atom stereocenters. The average molecular weight is 727 g/mol. The van der Waals surface area contributed by atoms with Crippen LogP contribution in [0, 0.1) is 19.9 Å². The molecule has 0 saturated carbocycles. The number of fused-ring (bicyclic) bond motifs is 3. The van der Waals surface area contributed by atoms with Crippen LogP contribution in [0.15, 0.2) is 109 Å². The van der Waals surface area contributed by atoms with Crippen LogP contribution in [-0.4, -0.2) is 3.71 Å². The summed E-state index contributed by atoms with van der Waals surface area (Å²) >= 11 is 1.50. The van der Waals surface area contributed by atoms with Gasteiger partial charge in [0.05, 0.1) is 0 Å². The first kappa shape index (κ1) is 39.7. The van der Waals surface area contributed by atoms with E-state index >= 15 is 0 Å². The van der Waals surface area contributed by atoms with Crippen molar-refractivity contribution in [3.05, 3.63) is 160 Å². The van der Waals surface area contributed by atoms with Crippen LogP contribution in [0.3, 0.4) is 0 Å². The largest absolute Gasteiger partial charge is 0.214 e. The van der Waals surface area contributed by atoms with E-state index in [0.29, 0.717) is 5.92 Å². The van der Waals surface area contributed by atoms with Crippen LogP contribution in [0.1, 0.15) is 98.4 Å². The van der Waals surface area contributed by atoms with E-state index in [0.717, 1.165) is 12.8 Å². The van der Waals surface area contributed by atoms with Gasteiger partial charge in [0.2, 0.25) is 0 Å². The molecule has 5 aromatic rings. The van der Waals surface area contributed by atoms with E-state index in [4.69, 9.17) is 0 Å². The van der Waals surface area contributed by atoms with Crippen molar-refractivity contribution in [2.75, 3.05) is 0 Å². The second-order valence-electron chi connectivity index (χ2n) is 14.0. The summed E-state index contributed by atoms with van der Waals surface area (Å²) in [5.74, 6) is 0.515. The summed E-state index contributed by atoms with van der Waals surface area (Å²) in [5, 5.41) is 0. The molecule has 5 aromatic carbocycles. The molecule has 0 unspecified atom stereocenters. The van der Waals surface area contributed by atoms with Gasteiger partial charge in [-0.3, -0.25) is 0 Å². The van der Waals surface area contributed by atoms with E-state index in [1.54, 1.807) is 0 Å². The van der Waals surface area contributed by atoms with Crippen LogP contribution >= 0.6 is 0 Å². The summed E-state index contributed by atoms with van der Waals surface area (Å²) < 4.78 is 2.33. The monoisotopic (exact) mass is 724 g/mol. The SMILES string of the molecule is Cc1[c-]c2c(cc1C(C)(C)C)-c1cc(C(C)(C)C)c(C)cc1C2.[Cl-].[Cl-].[Zr+2]=[CH]CC(c1ccccc1)c1ccccc1.c1cc[cH-]c1. The van der Waals surface area contributed by atoms with E-state index in [-0.39, 0.29) is 35.6 Å². The van der Waals surface area contributed by atoms with Crippen LogP contribution in [0.25, 0.3) is 11.1 Å². The van der Waals surface area contributed by atoms with Crippen LogP contribution < -0.4 is 24.8 Å². The van der Waals surface area contributed by atoms with Crippen molar-refractivity contribution in [2.45, 2.75) is 85.0 Å². The fourth-order valence-corrected chi connectivity index (χ4v) is 6.88. The number of hydrogen-bond donors (Lipinski definition) is 0. The van der Waals surface area contributed by atoms with E-state index in [9.17, 15) is 0 Å². The van der Waals surface area contributed by atoms with Gasteiger partial charge in [-0.05, 0) is 35.4 Å². The number of benzene rings is 4. The minimum Gasteiger partial charge on any atom is -0.214 e. The topological polar surface area (TPSA) is 0 Å². The standard InChI is InChI=1S/C23H29.C15H14.C5H5.2ClH.Zr/c1-14-9-16-11-17-10-15(2)21(23(6,7)8)13-19(17)18(16)12-20(14)22(3,4)5;1-2-15(13-9-5-3-6-10-13)14-11-7-4-8-12-14;1-2-4-5-3-1;;;/h9,12-13H,11H2,1-8H3;1,3-12,15H,2H2;1-5H;2*1H;/q-1;;-1;;;+2/p-2. The van der Waals surface area contributed by atoms with E-state index in [1.165, 1.54) is 79.9 Å². The zero-order valence-corrected chi connectivity index (χ0v) is 32.7. The van der Waals surface area contributed by atoms with Crippen molar-refractivity contribution in [1.82, 2.24) is 0 Å². The second-order valence-corrected chi connectivity index (χ2v) is 15.0. The first-order chi connectivity index (χ1) is 20.9. The Bertz CT molecular complexity index is 1510. The van der Waals surface area contributed by atoms with Crippen molar-refractivity contribution in [2.24, 2.45) is 0 Å². The Morgan fingerprint density at radius 1 is 0.717 bits per heavy atom. The third kappa shape index (κ3) is 10.3. The van der Waals surface area contributed by atoms with Crippen LogP contribution in [0.5, 0.6) is 0 Å². The molecule has 0 saturated heterocycles. The molecular weight excluding hydrogens is 679 g/mol. The van der Waals surface area contributed by atoms with Crippen LogP contribution in [-0.2, 0) is 41.5 Å². The van der Waals surface area contributed by atoms with Crippen LogP contribution in [0.2, 0.25) is 0 Å². The molecule has 1 aliphatic carbocycles. The van der Waals surface area contributed by atoms with Crippen LogP contribution in [0.4, 0.5) is 0 Å². The van der Waals surface area contributed by atoms with Gasteiger partial charge >= 0.3 is 112 Å². The molecule has 6 rings (SSSR count). The number of rotatable bonds is 4. The molecule has 0 N–H and O–H groups in total. The first-order valence-corrected chi connectivity index (χ1v) is 17.3. The third-order valence-corrected chi connectivity index (χ3v) is 8.97. The zero-order chi connectivity index (χ0) is 31.9. The Hall–Kier alpha value is -2.44. The number of hydrogen-bond acceptors (Lipinski definition) is 0.